The van der Waals surface area contributed by atoms with E-state index < -0.39 is 21.8 Å². The van der Waals surface area contributed by atoms with Gasteiger partial charge < -0.3 is 24.6 Å². The summed E-state index contributed by atoms with van der Waals surface area (Å²) in [5, 5.41) is 12.8. The molecule has 0 saturated heterocycles. The zero-order chi connectivity index (χ0) is 23.4. The fourth-order valence-electron chi connectivity index (χ4n) is 2.61. The summed E-state index contributed by atoms with van der Waals surface area (Å²) in [5.74, 6) is -0.0279. The molecule has 2 aromatic carbocycles. The molecule has 0 saturated carbocycles. The molecule has 0 bridgehead atoms. The topological polar surface area (TPSA) is 77.0 Å². The number of alkyl halides is 3. The number of aliphatic hydroxyl groups excluding tert-OH is 1. The van der Waals surface area contributed by atoms with Crippen molar-refractivity contribution in [3.8, 4) is 5.75 Å². The summed E-state index contributed by atoms with van der Waals surface area (Å²) in [7, 11) is 1.60. The van der Waals surface area contributed by atoms with Gasteiger partial charge in [-0.2, -0.15) is 0 Å². The molecule has 32 heavy (non-hydrogen) atoms. The molecule has 2 N–H and O–H groups in total. The Morgan fingerprint density at radius 3 is 2.16 bits per heavy atom. The molecule has 0 radical (unpaired) electrons. The highest BCUT2D eigenvalue weighted by atomic mass is 35.6. The predicted molar refractivity (Wildman–Crippen MR) is 126 cm³/mol. The van der Waals surface area contributed by atoms with Crippen LogP contribution in [-0.2, 0) is 27.5 Å². The molecule has 0 aromatic heterocycles. The Morgan fingerprint density at radius 1 is 0.969 bits per heavy atom. The van der Waals surface area contributed by atoms with Crippen LogP contribution in [0.1, 0.15) is 11.1 Å². The summed E-state index contributed by atoms with van der Waals surface area (Å²) in [4.78, 5) is 12.0. The van der Waals surface area contributed by atoms with Crippen molar-refractivity contribution in [2.75, 3.05) is 20.3 Å². The number of aliphatic hydroxyl groups is 1. The number of carbonyl (C=O) groups excluding carboxylic acids is 1. The molecule has 0 unspecified atom stereocenters. The fourth-order valence-corrected chi connectivity index (χ4v) is 2.77. The van der Waals surface area contributed by atoms with E-state index in [4.69, 9.17) is 49.0 Å². The largest absolute Gasteiger partial charge is 0.497 e. The van der Waals surface area contributed by atoms with Crippen LogP contribution in [0, 0.1) is 0 Å². The smallest absolute Gasteiger partial charge is 0.272 e. The van der Waals surface area contributed by atoms with Crippen LogP contribution in [0.15, 0.2) is 66.7 Å². The third kappa shape index (κ3) is 10.2. The number of ether oxygens (including phenoxy) is 3. The van der Waals surface area contributed by atoms with E-state index in [1.54, 1.807) is 13.2 Å². The van der Waals surface area contributed by atoms with Crippen LogP contribution in [0.5, 0.6) is 5.75 Å². The van der Waals surface area contributed by atoms with Gasteiger partial charge in [-0.15, -0.1) is 0 Å². The van der Waals surface area contributed by atoms with Crippen molar-refractivity contribution in [3.05, 3.63) is 77.9 Å². The number of rotatable bonds is 12. The summed E-state index contributed by atoms with van der Waals surface area (Å²) < 4.78 is 14.2. The van der Waals surface area contributed by atoms with Crippen molar-refractivity contribution >= 4 is 40.7 Å². The number of hydrogen-bond acceptors (Lipinski definition) is 5. The zero-order valence-electron chi connectivity index (χ0n) is 17.5. The zero-order valence-corrected chi connectivity index (χ0v) is 19.8. The van der Waals surface area contributed by atoms with E-state index >= 15 is 0 Å². The number of hydrogen-bond donors (Lipinski definition) is 2. The van der Waals surface area contributed by atoms with Crippen LogP contribution in [0.3, 0.4) is 0 Å². The van der Waals surface area contributed by atoms with Crippen LogP contribution < -0.4 is 10.1 Å². The highest BCUT2D eigenvalue weighted by Gasteiger charge is 2.31. The van der Waals surface area contributed by atoms with Crippen molar-refractivity contribution in [2.45, 2.75) is 29.2 Å². The number of halogens is 3. The Balaban J connectivity index is 1.85. The maximum atomic E-state index is 12.0. The second kappa shape index (κ2) is 13.7. The number of methoxy groups -OCH3 is 1. The molecule has 0 spiro atoms. The number of benzene rings is 2. The van der Waals surface area contributed by atoms with Gasteiger partial charge in [0.1, 0.15) is 5.75 Å². The van der Waals surface area contributed by atoms with Crippen molar-refractivity contribution in [1.29, 1.82) is 0 Å². The minimum absolute atomic E-state index is 0.0680. The summed E-state index contributed by atoms with van der Waals surface area (Å²) in [5.41, 5.74) is 1.93. The first-order valence-electron chi connectivity index (χ1n) is 9.84. The van der Waals surface area contributed by atoms with Crippen LogP contribution in [0.4, 0.5) is 0 Å². The highest BCUT2D eigenvalue weighted by molar-refractivity contribution is 6.76. The number of amides is 1. The fraction of sp³-hybridized carbons (Fsp3) is 0.348. The average Bonchev–Trinajstić information content (AvgIpc) is 2.78. The van der Waals surface area contributed by atoms with Gasteiger partial charge in [-0.1, -0.05) is 89.4 Å². The van der Waals surface area contributed by atoms with Crippen LogP contribution in [0.2, 0.25) is 0 Å². The number of carbonyl (C=O) groups is 1. The van der Waals surface area contributed by atoms with Gasteiger partial charge in [-0.25, -0.2) is 0 Å². The van der Waals surface area contributed by atoms with Crippen molar-refractivity contribution < 1.29 is 24.1 Å². The van der Waals surface area contributed by atoms with Gasteiger partial charge in [0.25, 0.3) is 9.70 Å². The summed E-state index contributed by atoms with van der Waals surface area (Å²) >= 11 is 16.9. The first kappa shape index (κ1) is 26.5. The van der Waals surface area contributed by atoms with E-state index in [0.29, 0.717) is 13.2 Å². The minimum Gasteiger partial charge on any atom is -0.497 e. The van der Waals surface area contributed by atoms with Gasteiger partial charge in [-0.05, 0) is 23.3 Å². The normalized spacial score (nSPS) is 13.7. The molecule has 6 nitrogen and oxygen atoms in total. The van der Waals surface area contributed by atoms with Crippen LogP contribution in [0.25, 0.3) is 0 Å². The third-order valence-electron chi connectivity index (χ3n) is 4.26. The van der Waals surface area contributed by atoms with E-state index in [1.165, 1.54) is 6.08 Å². The molecule has 174 valence electrons. The average molecular weight is 503 g/mol. The third-order valence-corrected chi connectivity index (χ3v) is 4.78. The lowest BCUT2D eigenvalue weighted by molar-refractivity contribution is -0.121. The molecule has 0 aliphatic carbocycles. The molecule has 2 aromatic rings. The Hall–Kier alpha value is -1.80. The van der Waals surface area contributed by atoms with Gasteiger partial charge in [0.15, 0.2) is 0 Å². The van der Waals surface area contributed by atoms with E-state index in [2.05, 4.69) is 5.32 Å². The molecular formula is C23H26Cl3NO5. The predicted octanol–water partition coefficient (Wildman–Crippen LogP) is 4.20. The SMILES string of the molecule is COc1ccc(COC[C@H](O)/C=C/[C@@H](COCc2ccccc2)NC(=O)C(Cl)(Cl)Cl)cc1. The van der Waals surface area contributed by atoms with Crippen molar-refractivity contribution in [1.82, 2.24) is 5.32 Å². The minimum atomic E-state index is -2.11. The second-order valence-corrected chi connectivity index (χ2v) is 9.18. The summed E-state index contributed by atoms with van der Waals surface area (Å²) in [6, 6.07) is 16.4. The van der Waals surface area contributed by atoms with E-state index in [0.717, 1.165) is 16.9 Å². The summed E-state index contributed by atoms with van der Waals surface area (Å²) in [6.45, 7) is 0.876. The van der Waals surface area contributed by atoms with Gasteiger partial charge in [0.2, 0.25) is 0 Å². The monoisotopic (exact) mass is 501 g/mol. The van der Waals surface area contributed by atoms with E-state index in [9.17, 15) is 9.90 Å². The lowest BCUT2D eigenvalue weighted by Gasteiger charge is -2.19. The molecular weight excluding hydrogens is 477 g/mol. The van der Waals surface area contributed by atoms with Gasteiger partial charge in [0, 0.05) is 0 Å². The first-order chi connectivity index (χ1) is 15.3. The van der Waals surface area contributed by atoms with Crippen LogP contribution >= 0.6 is 34.8 Å². The van der Waals surface area contributed by atoms with E-state index in [1.807, 2.05) is 54.6 Å². The molecule has 0 fully saturated rings. The number of nitrogens with one attached hydrogen (secondary N) is 1. The molecule has 2 rings (SSSR count). The van der Waals surface area contributed by atoms with E-state index in [-0.39, 0.29) is 13.2 Å². The lowest BCUT2D eigenvalue weighted by Crippen LogP contribution is -2.43. The Labute approximate surface area is 203 Å². The van der Waals surface area contributed by atoms with Crippen LogP contribution in [-0.4, -0.2) is 47.3 Å². The summed E-state index contributed by atoms with van der Waals surface area (Å²) in [6.07, 6.45) is 2.19. The molecule has 1 amide bonds. The molecule has 2 atom stereocenters. The van der Waals surface area contributed by atoms with Gasteiger partial charge >= 0.3 is 0 Å². The maximum absolute atomic E-state index is 12.0. The molecule has 0 heterocycles. The Bertz CT molecular complexity index is 841. The molecule has 0 aliphatic rings. The van der Waals surface area contributed by atoms with Gasteiger partial charge in [-0.3, -0.25) is 4.79 Å². The quantitative estimate of drug-likeness (QED) is 0.336. The first-order valence-corrected chi connectivity index (χ1v) is 11.0. The highest BCUT2D eigenvalue weighted by Crippen LogP contribution is 2.26. The lowest BCUT2D eigenvalue weighted by atomic mass is 10.2. The Kier molecular flexibility index (Phi) is 11.3. The maximum Gasteiger partial charge on any atom is 0.272 e. The molecule has 9 heteroatoms. The van der Waals surface area contributed by atoms with Gasteiger partial charge in [0.05, 0.1) is 45.7 Å². The second-order valence-electron chi connectivity index (χ2n) is 6.89. The standard InChI is InChI=1S/C23H26Cl3NO5/c1-30-21-11-7-18(8-12-21)14-32-16-20(28)10-9-19(27-22(29)23(24,25)26)15-31-13-17-5-3-2-4-6-17/h2-12,19-20,28H,13-16H2,1H3,(H,27,29)/b10-9+/t19-,20+/m0/s1. The van der Waals surface area contributed by atoms with Crippen molar-refractivity contribution in [3.63, 3.8) is 0 Å². The molecule has 0 aliphatic heterocycles. The van der Waals surface area contributed by atoms with Crippen molar-refractivity contribution in [2.24, 2.45) is 0 Å². The Morgan fingerprint density at radius 2 is 1.56 bits per heavy atom.